The van der Waals surface area contributed by atoms with Crippen LogP contribution in [0.3, 0.4) is 0 Å². The lowest BCUT2D eigenvalue weighted by molar-refractivity contribution is 0.0469. The molecular weight excluding hydrogens is 354 g/mol. The lowest BCUT2D eigenvalue weighted by Crippen LogP contribution is -2.15. The van der Waals surface area contributed by atoms with E-state index < -0.39 is 5.97 Å². The fourth-order valence-electron chi connectivity index (χ4n) is 2.67. The van der Waals surface area contributed by atoms with Crippen molar-refractivity contribution in [1.82, 2.24) is 14.5 Å². The molecule has 0 aromatic carbocycles. The summed E-state index contributed by atoms with van der Waals surface area (Å²) in [6, 6.07) is 3.17. The fraction of sp³-hybridized carbons (Fsp3) is 0.222. The number of aryl methyl sites for hydroxylation is 1. The molecule has 0 aliphatic rings. The molecule has 0 spiro atoms. The largest absolute Gasteiger partial charge is 0.453 e. The second kappa shape index (κ2) is 7.09. The summed E-state index contributed by atoms with van der Waals surface area (Å²) < 4.78 is 6.97. The van der Waals surface area contributed by atoms with Gasteiger partial charge in [-0.25, -0.2) is 9.78 Å². The van der Waals surface area contributed by atoms with Crippen molar-refractivity contribution >= 4 is 28.9 Å². The van der Waals surface area contributed by atoms with Gasteiger partial charge in [-0.05, 0) is 32.9 Å². The van der Waals surface area contributed by atoms with Crippen molar-refractivity contribution < 1.29 is 19.1 Å². The summed E-state index contributed by atoms with van der Waals surface area (Å²) >= 11 is 1.47. The van der Waals surface area contributed by atoms with Gasteiger partial charge in [0.25, 0.3) is 0 Å². The number of carbonyl (C=O) groups is 3. The number of hydrogen-bond donors (Lipinski definition) is 1. The van der Waals surface area contributed by atoms with Gasteiger partial charge < -0.3 is 9.72 Å². The molecular formula is C18H17N3O4S. The van der Waals surface area contributed by atoms with Gasteiger partial charge in [0.2, 0.25) is 5.78 Å². The van der Waals surface area contributed by atoms with Gasteiger partial charge >= 0.3 is 5.97 Å². The molecule has 1 N–H and O–H groups in total. The molecule has 3 rings (SSSR count). The average Bonchev–Trinajstić information content (AvgIpc) is 3.32. The normalized spacial score (nSPS) is 10.7. The third kappa shape index (κ3) is 3.36. The van der Waals surface area contributed by atoms with Crippen LogP contribution in [0.2, 0.25) is 0 Å². The highest BCUT2D eigenvalue weighted by Gasteiger charge is 2.20. The zero-order valence-corrected chi connectivity index (χ0v) is 15.3. The first kappa shape index (κ1) is 17.8. The monoisotopic (exact) mass is 371 g/mol. The third-order valence-electron chi connectivity index (χ3n) is 3.99. The Balaban J connectivity index is 1.71. The van der Waals surface area contributed by atoms with E-state index in [1.807, 2.05) is 23.8 Å². The maximum absolute atomic E-state index is 12.5. The van der Waals surface area contributed by atoms with Crippen LogP contribution in [0.1, 0.15) is 49.5 Å². The summed E-state index contributed by atoms with van der Waals surface area (Å²) in [6.07, 6.45) is 3.14. The van der Waals surface area contributed by atoms with E-state index in [1.54, 1.807) is 12.3 Å². The Morgan fingerprint density at radius 2 is 2.04 bits per heavy atom. The number of carbonyl (C=O) groups excluding carboxylic acids is 3. The molecule has 3 aromatic heterocycles. The molecule has 0 radical (unpaired) electrons. The predicted molar refractivity (Wildman–Crippen MR) is 96.3 cm³/mol. The molecule has 3 heterocycles. The molecule has 134 valence electrons. The molecule has 0 fully saturated rings. The van der Waals surface area contributed by atoms with Crippen LogP contribution in [-0.2, 0) is 4.74 Å². The fourth-order valence-corrected chi connectivity index (χ4v) is 3.42. The predicted octanol–water partition coefficient (Wildman–Crippen LogP) is 3.12. The Hall–Kier alpha value is -3.00. The number of esters is 1. The molecule has 0 bridgehead atoms. The number of ether oxygens (including phenoxy) is 1. The highest BCUT2D eigenvalue weighted by atomic mass is 32.1. The zero-order valence-electron chi connectivity index (χ0n) is 14.5. The van der Waals surface area contributed by atoms with Gasteiger partial charge in [0.1, 0.15) is 5.69 Å². The zero-order chi connectivity index (χ0) is 18.8. The van der Waals surface area contributed by atoms with Crippen LogP contribution in [0, 0.1) is 13.8 Å². The van der Waals surface area contributed by atoms with Gasteiger partial charge in [0, 0.05) is 40.3 Å². The van der Waals surface area contributed by atoms with Crippen LogP contribution in [0.5, 0.6) is 0 Å². The van der Waals surface area contributed by atoms with Crippen molar-refractivity contribution in [2.45, 2.75) is 20.8 Å². The van der Waals surface area contributed by atoms with Gasteiger partial charge in [0.15, 0.2) is 17.5 Å². The Bertz CT molecular complexity index is 982. The second-order valence-electron chi connectivity index (χ2n) is 5.79. The quantitative estimate of drug-likeness (QED) is 0.531. The summed E-state index contributed by atoms with van der Waals surface area (Å²) in [4.78, 5) is 42.7. The van der Waals surface area contributed by atoms with Crippen LogP contribution >= 0.6 is 11.3 Å². The molecule has 26 heavy (non-hydrogen) atoms. The molecule has 0 atom stereocenters. The Morgan fingerprint density at radius 3 is 2.65 bits per heavy atom. The summed E-state index contributed by atoms with van der Waals surface area (Å²) in [5.41, 5.74) is 2.63. The van der Waals surface area contributed by atoms with Crippen LogP contribution < -0.4 is 0 Å². The molecule has 0 aliphatic heterocycles. The third-order valence-corrected chi connectivity index (χ3v) is 4.74. The lowest BCUT2D eigenvalue weighted by atomic mass is 10.1. The van der Waals surface area contributed by atoms with Crippen LogP contribution in [0.25, 0.3) is 5.13 Å². The Kier molecular flexibility index (Phi) is 4.85. The van der Waals surface area contributed by atoms with Crippen LogP contribution in [-0.4, -0.2) is 38.7 Å². The number of Topliss-reactive ketones (excluding diaryl/α,β-unsaturated/α-hetero) is 2. The number of hydrogen-bond acceptors (Lipinski definition) is 6. The topological polar surface area (TPSA) is 94.0 Å². The van der Waals surface area contributed by atoms with Crippen molar-refractivity contribution in [3.05, 3.63) is 58.1 Å². The van der Waals surface area contributed by atoms with Crippen LogP contribution in [0.15, 0.2) is 29.9 Å². The SMILES string of the molecule is CC(=O)c1c[nH]c(C(=O)OCC(=O)c2cc(C)n(-c3nccs3)c2C)c1. The minimum Gasteiger partial charge on any atom is -0.453 e. The molecule has 0 saturated carbocycles. The van der Waals surface area contributed by atoms with E-state index in [2.05, 4.69) is 9.97 Å². The van der Waals surface area contributed by atoms with E-state index in [4.69, 9.17) is 4.74 Å². The maximum atomic E-state index is 12.5. The number of aromatic amines is 1. The number of nitrogens with one attached hydrogen (secondary N) is 1. The molecule has 8 heteroatoms. The first-order valence-corrected chi connectivity index (χ1v) is 8.75. The number of aromatic nitrogens is 3. The van der Waals surface area contributed by atoms with Gasteiger partial charge in [-0.2, -0.15) is 0 Å². The average molecular weight is 371 g/mol. The first-order valence-electron chi connectivity index (χ1n) is 7.87. The van der Waals surface area contributed by atoms with Crippen molar-refractivity contribution in [2.24, 2.45) is 0 Å². The van der Waals surface area contributed by atoms with E-state index >= 15 is 0 Å². The van der Waals surface area contributed by atoms with Gasteiger partial charge in [-0.15, -0.1) is 11.3 Å². The smallest absolute Gasteiger partial charge is 0.355 e. The summed E-state index contributed by atoms with van der Waals surface area (Å²) in [5, 5.41) is 2.64. The maximum Gasteiger partial charge on any atom is 0.355 e. The first-order chi connectivity index (χ1) is 12.4. The molecule has 3 aromatic rings. The minimum atomic E-state index is -0.681. The number of thiazole rings is 1. The summed E-state index contributed by atoms with van der Waals surface area (Å²) in [7, 11) is 0. The van der Waals surface area contributed by atoms with Crippen molar-refractivity contribution in [3.63, 3.8) is 0 Å². The van der Waals surface area contributed by atoms with Gasteiger partial charge in [-0.1, -0.05) is 0 Å². The van der Waals surface area contributed by atoms with Crippen molar-refractivity contribution in [3.8, 4) is 5.13 Å². The summed E-state index contributed by atoms with van der Waals surface area (Å²) in [6.45, 7) is 4.74. The lowest BCUT2D eigenvalue weighted by Gasteiger charge is -2.06. The van der Waals surface area contributed by atoms with E-state index in [-0.39, 0.29) is 23.9 Å². The highest BCUT2D eigenvalue weighted by molar-refractivity contribution is 7.12. The molecule has 0 amide bonds. The standard InChI is InChI=1S/C18H17N3O4S/c1-10-6-14(11(2)21(10)18-19-4-5-26-18)16(23)9-25-17(24)15-7-13(8-20-15)12(3)22/h4-8,20H,9H2,1-3H3. The molecule has 0 saturated heterocycles. The summed E-state index contributed by atoms with van der Waals surface area (Å²) in [5.74, 6) is -1.14. The second-order valence-corrected chi connectivity index (χ2v) is 6.67. The number of rotatable bonds is 6. The Morgan fingerprint density at radius 1 is 1.27 bits per heavy atom. The molecule has 0 aliphatic carbocycles. The molecule has 7 nitrogen and oxygen atoms in total. The van der Waals surface area contributed by atoms with Crippen molar-refractivity contribution in [2.75, 3.05) is 6.61 Å². The van der Waals surface area contributed by atoms with E-state index in [0.717, 1.165) is 16.5 Å². The van der Waals surface area contributed by atoms with E-state index in [1.165, 1.54) is 30.5 Å². The number of nitrogens with zero attached hydrogens (tertiary/aromatic N) is 2. The number of ketones is 2. The van der Waals surface area contributed by atoms with Gasteiger partial charge in [0.05, 0.1) is 0 Å². The van der Waals surface area contributed by atoms with Gasteiger partial charge in [-0.3, -0.25) is 14.2 Å². The number of H-pyrrole nitrogens is 1. The van der Waals surface area contributed by atoms with E-state index in [9.17, 15) is 14.4 Å². The van der Waals surface area contributed by atoms with E-state index in [0.29, 0.717) is 11.1 Å². The Labute approximate surface area is 153 Å². The van der Waals surface area contributed by atoms with Crippen LogP contribution in [0.4, 0.5) is 0 Å². The highest BCUT2D eigenvalue weighted by Crippen LogP contribution is 2.22. The van der Waals surface area contributed by atoms with Crippen molar-refractivity contribution in [1.29, 1.82) is 0 Å². The minimum absolute atomic E-state index is 0.135. The molecule has 0 unspecified atom stereocenters.